The van der Waals surface area contributed by atoms with E-state index in [9.17, 15) is 0 Å². The van der Waals surface area contributed by atoms with Crippen LogP contribution in [-0.4, -0.2) is 22.1 Å². The molecule has 0 spiro atoms. The number of methoxy groups -OCH3 is 1. The zero-order valence-electron chi connectivity index (χ0n) is 8.01. The van der Waals surface area contributed by atoms with Crippen molar-refractivity contribution in [1.82, 2.24) is 15.0 Å². The standard InChI is InChI=1S/C10H8ClN3O/c1-15-8-6-13-10(14-9(8)11)7-3-2-4-12-5-7/h2-6H,1H3. The number of ether oxygens (including phenoxy) is 1. The molecule has 2 heterocycles. The predicted molar refractivity (Wildman–Crippen MR) is 56.8 cm³/mol. The molecule has 15 heavy (non-hydrogen) atoms. The van der Waals surface area contributed by atoms with E-state index in [4.69, 9.17) is 16.3 Å². The summed E-state index contributed by atoms with van der Waals surface area (Å²) >= 11 is 5.88. The summed E-state index contributed by atoms with van der Waals surface area (Å²) in [6.45, 7) is 0. The molecule has 2 rings (SSSR count). The van der Waals surface area contributed by atoms with Gasteiger partial charge in [-0.2, -0.15) is 0 Å². The number of rotatable bonds is 2. The third-order valence-electron chi connectivity index (χ3n) is 1.85. The molecule has 4 nitrogen and oxygen atoms in total. The normalized spacial score (nSPS) is 10.0. The van der Waals surface area contributed by atoms with Crippen LogP contribution in [0.5, 0.6) is 5.75 Å². The van der Waals surface area contributed by atoms with Crippen molar-refractivity contribution in [2.75, 3.05) is 7.11 Å². The highest BCUT2D eigenvalue weighted by Crippen LogP contribution is 2.23. The van der Waals surface area contributed by atoms with E-state index in [2.05, 4.69) is 15.0 Å². The molecule has 76 valence electrons. The Bertz CT molecular complexity index is 461. The maximum atomic E-state index is 5.88. The van der Waals surface area contributed by atoms with Crippen LogP contribution in [-0.2, 0) is 0 Å². The molecule has 0 saturated heterocycles. The SMILES string of the molecule is COc1cnc(-c2cccnc2)nc1Cl. The van der Waals surface area contributed by atoms with Gasteiger partial charge in [0.1, 0.15) is 0 Å². The molecule has 0 radical (unpaired) electrons. The van der Waals surface area contributed by atoms with Gasteiger partial charge in [0.15, 0.2) is 16.7 Å². The Morgan fingerprint density at radius 3 is 2.80 bits per heavy atom. The summed E-state index contributed by atoms with van der Waals surface area (Å²) in [5.41, 5.74) is 0.821. The molecule has 0 fully saturated rings. The highest BCUT2D eigenvalue weighted by atomic mass is 35.5. The molecular formula is C10H8ClN3O. The van der Waals surface area contributed by atoms with Gasteiger partial charge in [0, 0.05) is 18.0 Å². The van der Waals surface area contributed by atoms with Crippen LogP contribution in [0.3, 0.4) is 0 Å². The van der Waals surface area contributed by atoms with Crippen LogP contribution >= 0.6 is 11.6 Å². The van der Waals surface area contributed by atoms with Crippen molar-refractivity contribution < 1.29 is 4.74 Å². The fraction of sp³-hybridized carbons (Fsp3) is 0.100. The maximum Gasteiger partial charge on any atom is 0.175 e. The second-order valence-corrected chi connectivity index (χ2v) is 3.15. The minimum Gasteiger partial charge on any atom is -0.492 e. The molecule has 0 saturated carbocycles. The third kappa shape index (κ3) is 2.05. The summed E-state index contributed by atoms with van der Waals surface area (Å²) in [5.74, 6) is 0.998. The number of hydrogen-bond acceptors (Lipinski definition) is 4. The molecule has 2 aromatic rings. The summed E-state index contributed by atoms with van der Waals surface area (Å²) in [5, 5.41) is 0.298. The largest absolute Gasteiger partial charge is 0.492 e. The third-order valence-corrected chi connectivity index (χ3v) is 2.12. The van der Waals surface area contributed by atoms with Crippen LogP contribution in [0, 0.1) is 0 Å². The molecule has 0 unspecified atom stereocenters. The fourth-order valence-electron chi connectivity index (χ4n) is 1.12. The number of pyridine rings is 1. The van der Waals surface area contributed by atoms with Gasteiger partial charge in [-0.05, 0) is 12.1 Å². The summed E-state index contributed by atoms with van der Waals surface area (Å²) in [6.07, 6.45) is 4.91. The van der Waals surface area contributed by atoms with Gasteiger partial charge in [-0.15, -0.1) is 0 Å². The van der Waals surface area contributed by atoms with Crippen LogP contribution in [0.1, 0.15) is 0 Å². The first-order valence-corrected chi connectivity index (χ1v) is 4.66. The van der Waals surface area contributed by atoms with Gasteiger partial charge in [0.2, 0.25) is 0 Å². The molecule has 0 bridgehead atoms. The topological polar surface area (TPSA) is 47.9 Å². The van der Waals surface area contributed by atoms with Gasteiger partial charge in [-0.1, -0.05) is 11.6 Å². The summed E-state index contributed by atoms with van der Waals surface area (Å²) in [6, 6.07) is 3.68. The Morgan fingerprint density at radius 2 is 2.20 bits per heavy atom. The van der Waals surface area contributed by atoms with Gasteiger partial charge >= 0.3 is 0 Å². The average molecular weight is 222 g/mol. The van der Waals surface area contributed by atoms with E-state index in [1.54, 1.807) is 12.4 Å². The van der Waals surface area contributed by atoms with Crippen LogP contribution < -0.4 is 4.74 Å². The predicted octanol–water partition coefficient (Wildman–Crippen LogP) is 2.20. The zero-order valence-corrected chi connectivity index (χ0v) is 8.77. The lowest BCUT2D eigenvalue weighted by molar-refractivity contribution is 0.411. The first kappa shape index (κ1) is 9.86. The summed E-state index contributed by atoms with van der Waals surface area (Å²) < 4.78 is 4.96. The Balaban J connectivity index is 2.43. The van der Waals surface area contributed by atoms with E-state index in [0.717, 1.165) is 5.56 Å². The average Bonchev–Trinajstić information content (AvgIpc) is 2.30. The van der Waals surface area contributed by atoms with Crippen LogP contribution in [0.25, 0.3) is 11.4 Å². The van der Waals surface area contributed by atoms with E-state index in [1.165, 1.54) is 13.3 Å². The minimum absolute atomic E-state index is 0.298. The smallest absolute Gasteiger partial charge is 0.175 e. The Morgan fingerprint density at radius 1 is 1.33 bits per heavy atom. The second-order valence-electron chi connectivity index (χ2n) is 2.79. The number of nitrogens with zero attached hydrogens (tertiary/aromatic N) is 3. The molecule has 0 N–H and O–H groups in total. The van der Waals surface area contributed by atoms with Crippen molar-refractivity contribution in [2.45, 2.75) is 0 Å². The number of hydrogen-bond donors (Lipinski definition) is 0. The van der Waals surface area contributed by atoms with Crippen LogP contribution in [0.2, 0.25) is 5.15 Å². The van der Waals surface area contributed by atoms with E-state index in [0.29, 0.717) is 16.7 Å². The number of aromatic nitrogens is 3. The van der Waals surface area contributed by atoms with Crippen molar-refractivity contribution in [1.29, 1.82) is 0 Å². The molecule has 0 aliphatic heterocycles. The fourth-order valence-corrected chi connectivity index (χ4v) is 1.33. The first-order chi connectivity index (χ1) is 7.31. The molecule has 0 atom stereocenters. The number of halogens is 1. The minimum atomic E-state index is 0.298. The van der Waals surface area contributed by atoms with E-state index >= 15 is 0 Å². The molecule has 0 aliphatic rings. The lowest BCUT2D eigenvalue weighted by atomic mass is 10.3. The quantitative estimate of drug-likeness (QED) is 0.730. The van der Waals surface area contributed by atoms with Gasteiger partial charge in [0.05, 0.1) is 13.3 Å². The van der Waals surface area contributed by atoms with Crippen molar-refractivity contribution in [3.05, 3.63) is 35.9 Å². The van der Waals surface area contributed by atoms with Crippen molar-refractivity contribution in [3.8, 4) is 17.1 Å². The maximum absolute atomic E-state index is 5.88. The second kappa shape index (κ2) is 4.23. The summed E-state index contributed by atoms with van der Waals surface area (Å²) in [7, 11) is 1.52. The summed E-state index contributed by atoms with van der Waals surface area (Å²) in [4.78, 5) is 12.2. The molecule has 0 amide bonds. The molecule has 5 heteroatoms. The van der Waals surface area contributed by atoms with Crippen LogP contribution in [0.15, 0.2) is 30.7 Å². The lowest BCUT2D eigenvalue weighted by Gasteiger charge is -2.03. The molecular weight excluding hydrogens is 214 g/mol. The Kier molecular flexibility index (Phi) is 2.78. The van der Waals surface area contributed by atoms with Gasteiger partial charge in [0.25, 0.3) is 0 Å². The molecule has 0 aromatic carbocycles. The van der Waals surface area contributed by atoms with Crippen molar-refractivity contribution in [3.63, 3.8) is 0 Å². The van der Waals surface area contributed by atoms with Crippen molar-refractivity contribution in [2.24, 2.45) is 0 Å². The highest BCUT2D eigenvalue weighted by molar-refractivity contribution is 6.30. The first-order valence-electron chi connectivity index (χ1n) is 4.28. The van der Waals surface area contributed by atoms with Crippen LogP contribution in [0.4, 0.5) is 0 Å². The Labute approximate surface area is 91.9 Å². The van der Waals surface area contributed by atoms with Gasteiger partial charge in [-0.25, -0.2) is 9.97 Å². The van der Waals surface area contributed by atoms with E-state index in [-0.39, 0.29) is 0 Å². The zero-order chi connectivity index (χ0) is 10.7. The van der Waals surface area contributed by atoms with Gasteiger partial charge in [-0.3, -0.25) is 4.98 Å². The van der Waals surface area contributed by atoms with Gasteiger partial charge < -0.3 is 4.74 Å². The molecule has 0 aliphatic carbocycles. The highest BCUT2D eigenvalue weighted by Gasteiger charge is 2.06. The lowest BCUT2D eigenvalue weighted by Crippen LogP contribution is -1.93. The van der Waals surface area contributed by atoms with E-state index < -0.39 is 0 Å². The molecule has 2 aromatic heterocycles. The van der Waals surface area contributed by atoms with E-state index in [1.807, 2.05) is 12.1 Å². The Hall–Kier alpha value is -1.68. The monoisotopic (exact) mass is 221 g/mol. The van der Waals surface area contributed by atoms with Crippen molar-refractivity contribution >= 4 is 11.6 Å².